The van der Waals surface area contributed by atoms with Gasteiger partial charge in [0.25, 0.3) is 16.7 Å². The van der Waals surface area contributed by atoms with Crippen molar-refractivity contribution < 1.29 is 162 Å². The molecule has 0 spiro atoms. The molecule has 674 valence electrons. The molecule has 29 atom stereocenters. The molecule has 24 N–H and O–H groups in total. The number of aromatic amines is 3. The van der Waals surface area contributed by atoms with Gasteiger partial charge in [0.2, 0.25) is 5.95 Å². The van der Waals surface area contributed by atoms with Gasteiger partial charge in [-0.05, 0) is 6.07 Å². The molecule has 0 saturated carbocycles. The summed E-state index contributed by atoms with van der Waals surface area (Å²) in [5, 5.41) is 90.9. The van der Waals surface area contributed by atoms with E-state index in [4.69, 9.17) is 96.6 Å². The Balaban J connectivity index is 0.655. The Morgan fingerprint density at radius 2 is 0.694 bits per heavy atom. The second kappa shape index (κ2) is 34.9. The van der Waals surface area contributed by atoms with E-state index in [2.05, 4.69) is 49.8 Å². The number of aromatic nitrogens is 18. The molecule has 15 rings (SSSR count). The van der Waals surface area contributed by atoms with Crippen LogP contribution in [0.3, 0.4) is 0 Å². The lowest BCUT2D eigenvalue weighted by Gasteiger charge is -2.27. The molecule has 0 amide bonds. The molecule has 0 aromatic carbocycles. The number of phosphoric ester groups is 5. The summed E-state index contributed by atoms with van der Waals surface area (Å²) in [6, 6.07) is 2.67. The molecule has 0 aliphatic carbocycles. The smallest absolute Gasteiger partial charge is 0.394 e. The third-order valence-corrected chi connectivity index (χ3v) is 24.7. The summed E-state index contributed by atoms with van der Waals surface area (Å²) in [6.07, 6.45) is -42.0. The fourth-order valence-electron chi connectivity index (χ4n) is 14.1. The van der Waals surface area contributed by atoms with Crippen molar-refractivity contribution in [2.24, 2.45) is 0 Å². The minimum Gasteiger partial charge on any atom is -0.394 e. The van der Waals surface area contributed by atoms with Gasteiger partial charge < -0.3 is 117 Å². The van der Waals surface area contributed by atoms with Gasteiger partial charge in [0, 0.05) is 30.7 Å². The van der Waals surface area contributed by atoms with E-state index in [1.165, 1.54) is 0 Å². The van der Waals surface area contributed by atoms with Crippen LogP contribution in [0.1, 0.15) is 37.4 Å². The van der Waals surface area contributed by atoms with Crippen LogP contribution in [0, 0.1) is 0 Å². The predicted octanol–water partition coefficient (Wildman–Crippen LogP) is -9.10. The molecule has 6 aliphatic heterocycles. The molecule has 67 heteroatoms. The molecule has 0 bridgehead atoms. The number of hydrogen-bond acceptors (Lipinski definition) is 48. The Morgan fingerprint density at radius 3 is 1.07 bits per heavy atom. The van der Waals surface area contributed by atoms with E-state index in [9.17, 15) is 117 Å². The van der Waals surface area contributed by atoms with E-state index >= 15 is 0 Å². The first kappa shape index (κ1) is 89.7. The predicted molar refractivity (Wildman–Crippen MR) is 393 cm³/mol. The quantitative estimate of drug-likeness (QED) is 0.0174. The minimum atomic E-state index is -6.04. The number of H-pyrrole nitrogens is 3. The number of ether oxygens (including phenoxy) is 6. The monoisotopic (exact) mass is 1860 g/mol. The Bertz CT molecular complexity index is 6140. The number of aliphatic hydroxyl groups is 8. The van der Waals surface area contributed by atoms with E-state index in [0.29, 0.717) is 13.7 Å². The summed E-state index contributed by atoms with van der Waals surface area (Å²) in [5.41, 5.74) is 15.9. The molecule has 9 aromatic heterocycles. The number of rotatable bonds is 32. The Labute approximate surface area is 683 Å². The number of aliphatic hydroxyl groups excluding tert-OH is 8. The van der Waals surface area contributed by atoms with Gasteiger partial charge in [-0.1, -0.05) is 0 Å². The zero-order chi connectivity index (χ0) is 88.9. The molecule has 6 fully saturated rings. The van der Waals surface area contributed by atoms with Crippen LogP contribution in [0.5, 0.6) is 0 Å². The summed E-state index contributed by atoms with van der Waals surface area (Å²) in [7, 11) is -29.3. The average Bonchev–Trinajstić information content (AvgIpc) is 1.63. The third kappa shape index (κ3) is 18.3. The number of anilines is 4. The van der Waals surface area contributed by atoms with Crippen LogP contribution < -0.4 is 56.7 Å². The molecule has 6 aliphatic rings. The minimum absolute atomic E-state index is 0.00592. The molecular formula is C57H71N22O40P5. The van der Waals surface area contributed by atoms with Gasteiger partial charge in [0.15, 0.2) is 71.5 Å². The maximum absolute atomic E-state index is 14.5. The molecule has 0 radical (unpaired) electrons. The van der Waals surface area contributed by atoms with Crippen LogP contribution in [0.15, 0.2) is 97.2 Å². The van der Waals surface area contributed by atoms with Crippen molar-refractivity contribution in [2.45, 2.75) is 147 Å². The van der Waals surface area contributed by atoms with Gasteiger partial charge in [0.05, 0.1) is 58.6 Å². The number of nitrogen functional groups attached to an aromatic ring is 4. The topological polar surface area (TPSA) is 895 Å². The average molecular weight is 1860 g/mol. The van der Waals surface area contributed by atoms with Crippen molar-refractivity contribution in [1.29, 1.82) is 0 Å². The largest absolute Gasteiger partial charge is 0.472 e. The highest BCUT2D eigenvalue weighted by Gasteiger charge is 2.58. The molecule has 5 unspecified atom stereocenters. The van der Waals surface area contributed by atoms with Gasteiger partial charge in [-0.3, -0.25) is 102 Å². The Morgan fingerprint density at radius 1 is 0.371 bits per heavy atom. The standard InChI is InChI=1S/C57H71N22O40P5/c58-24-1-4-74(55(91)69-24)49-33(86)38(116-122(98,99)107-11-22-40(35(88)52(113-22)78-16-67-28-43(60)63-14-65-45(28)78)118-120(94,95)104-8-19-30(83)31(84)48(110-19)75-5-2-25(81)70-56(75)92)20(111-49)10-106-124(102,103)119-41-23(114-53(36(41)89)79-17-68-29-46(79)72-54(61)73-47(29)90)12-108-123(100,101)117-39-21(112-50(34(39)87)76-6-3-26(82)71-57(76)93)9-105-121(96,97)115-37-18(7-80)109-51(32(37)85)77-15-66-27-42(59)62-13-64-44(27)77/h1-6,13-23,30-41,48-53,80,83-89H,7-12H2,(H,94,95)(H,96,97)(H,98,99)(H,100,101)(H,102,103)(H2,58,69,91)(H2,59,62,64)(H2,60,63,65)(H,70,81,92)(H,71,82,93)(H3,61,72,73,90)/t18-,19-,20-,21-,22-,23-,30-,31-,32-,33-,34-,35-,36-,37-,38-,39-,40-,41-,48-,49-,50-,51-,52-,53-/m1/s1. The zero-order valence-electron chi connectivity index (χ0n) is 62.0. The molecule has 6 saturated heterocycles. The number of imidazole rings is 3. The second-order valence-corrected chi connectivity index (χ2v) is 34.7. The van der Waals surface area contributed by atoms with Crippen molar-refractivity contribution in [1.82, 2.24) is 87.2 Å². The lowest BCUT2D eigenvalue weighted by Crippen LogP contribution is -2.39. The van der Waals surface area contributed by atoms with E-state index < -0.39 is 277 Å². The van der Waals surface area contributed by atoms with E-state index in [-0.39, 0.29) is 39.8 Å². The maximum atomic E-state index is 14.5. The first-order valence-electron chi connectivity index (χ1n) is 35.7. The van der Waals surface area contributed by atoms with E-state index in [1.807, 2.05) is 9.97 Å². The molecular weight excluding hydrogens is 1790 g/mol. The number of hydrogen-bond donors (Lipinski definition) is 20. The summed E-state index contributed by atoms with van der Waals surface area (Å²) < 4.78 is 164. The number of nitrogens with zero attached hydrogens (tertiary/aromatic N) is 15. The van der Waals surface area contributed by atoms with E-state index in [0.717, 1.165) is 82.1 Å². The van der Waals surface area contributed by atoms with Crippen molar-refractivity contribution >= 4 is 96.0 Å². The van der Waals surface area contributed by atoms with Crippen molar-refractivity contribution in [3.63, 3.8) is 0 Å². The molecule has 15 heterocycles. The number of fused-ring (bicyclic) bond motifs is 3. The van der Waals surface area contributed by atoms with Crippen molar-refractivity contribution in [2.75, 3.05) is 62.6 Å². The zero-order valence-corrected chi connectivity index (χ0v) is 66.5. The highest BCUT2D eigenvalue weighted by Crippen LogP contribution is 2.57. The third-order valence-electron chi connectivity index (χ3n) is 19.8. The molecule has 9 aromatic rings. The van der Waals surface area contributed by atoms with Gasteiger partial charge >= 0.3 is 56.2 Å². The van der Waals surface area contributed by atoms with Gasteiger partial charge in [-0.15, -0.1) is 0 Å². The first-order chi connectivity index (χ1) is 58.6. The Hall–Kier alpha value is -9.12. The second-order valence-electron chi connectivity index (χ2n) is 27.7. The molecule has 62 nitrogen and oxygen atoms in total. The van der Waals surface area contributed by atoms with E-state index in [1.54, 1.807) is 0 Å². The highest BCUT2D eigenvalue weighted by atomic mass is 31.2. The van der Waals surface area contributed by atoms with Crippen LogP contribution in [0.4, 0.5) is 23.4 Å². The summed E-state index contributed by atoms with van der Waals surface area (Å²) in [5.74, 6) is -1.21. The van der Waals surface area contributed by atoms with Gasteiger partial charge in [-0.2, -0.15) is 9.97 Å². The van der Waals surface area contributed by atoms with Crippen LogP contribution in [0.25, 0.3) is 33.5 Å². The normalized spacial score (nSPS) is 32.7. The lowest BCUT2D eigenvalue weighted by atomic mass is 10.1. The summed E-state index contributed by atoms with van der Waals surface area (Å²) in [6.45, 7) is -7.72. The Kier molecular flexibility index (Phi) is 25.3. The fraction of sp³-hybridized carbons (Fsp3) is 0.526. The summed E-state index contributed by atoms with van der Waals surface area (Å²) >= 11 is 0. The van der Waals surface area contributed by atoms with Crippen LogP contribution >= 0.6 is 39.1 Å². The number of phosphoric acid groups is 5. The number of nitrogens with two attached hydrogens (primary N) is 4. The van der Waals surface area contributed by atoms with Crippen molar-refractivity contribution in [3.05, 3.63) is 131 Å². The SMILES string of the molecule is Nc1ccn([C@@H]2O[C@H](COP(=O)(O)O[C@H]3[C@@H](O)[C@H](n4cnc5c(=O)[nH]c(N)nc54)O[C@@H]3COP(=O)(O)O[C@H]3[C@@H](O)[C@H](n4ccc(=O)[nH]c4=O)O[C@@H]3COP(=O)(O)O[C@H]3[C@@H](O)[C@H](n4cnc5c(N)ncnc54)O[C@@H]3CO)[C@@H](OP(=O)(O)OC[C@H]3O[C@@H](n4cnc5c(N)ncnc54)[C@H](O)[C@@H]3OP(=O)(O)OC[C@H]3O[C@@H](n4ccc(=O)[nH]c4=O)[C@H](O)[C@@H]3O)[C@H]2O)c(=O)n1. The first-order valence-corrected chi connectivity index (χ1v) is 43.2. The van der Waals surface area contributed by atoms with Crippen LogP contribution in [-0.4, -0.2) is 302 Å². The summed E-state index contributed by atoms with van der Waals surface area (Å²) in [4.78, 5) is 174. The van der Waals surface area contributed by atoms with Crippen LogP contribution in [-0.2, 0) is 96.5 Å². The fourth-order valence-corrected chi connectivity index (χ4v) is 18.9. The number of nitrogens with one attached hydrogen (secondary N) is 3. The van der Waals surface area contributed by atoms with Crippen LogP contribution in [0.2, 0.25) is 0 Å². The van der Waals surface area contributed by atoms with Crippen molar-refractivity contribution in [3.8, 4) is 0 Å². The lowest BCUT2D eigenvalue weighted by molar-refractivity contribution is -0.0660. The highest BCUT2D eigenvalue weighted by molar-refractivity contribution is 7.48. The maximum Gasteiger partial charge on any atom is 0.472 e. The van der Waals surface area contributed by atoms with Gasteiger partial charge in [-0.25, -0.2) is 72.1 Å². The molecule has 124 heavy (non-hydrogen) atoms. The van der Waals surface area contributed by atoms with Gasteiger partial charge in [0.1, 0.15) is 139 Å².